The Labute approximate surface area is 103 Å². The molecule has 0 bridgehead atoms. The van der Waals surface area contributed by atoms with Crippen molar-refractivity contribution in [3.8, 4) is 0 Å². The average molecular weight is 242 g/mol. The van der Waals surface area contributed by atoms with E-state index in [1.165, 1.54) is 6.42 Å². The second-order valence-electron chi connectivity index (χ2n) is 4.75. The molecule has 98 valence electrons. The molecule has 0 aromatic carbocycles. The van der Waals surface area contributed by atoms with Gasteiger partial charge >= 0.3 is 0 Å². The zero-order chi connectivity index (χ0) is 12.0. The van der Waals surface area contributed by atoms with Gasteiger partial charge in [-0.2, -0.15) is 0 Å². The summed E-state index contributed by atoms with van der Waals surface area (Å²) < 4.78 is 16.2. The molecule has 0 aromatic rings. The van der Waals surface area contributed by atoms with E-state index >= 15 is 0 Å². The van der Waals surface area contributed by atoms with Gasteiger partial charge in [0.2, 0.25) is 0 Å². The summed E-state index contributed by atoms with van der Waals surface area (Å²) in [5.74, 6) is 0. The maximum atomic E-state index is 10.2. The molecular weight excluding hydrogens is 220 g/mol. The lowest BCUT2D eigenvalue weighted by molar-refractivity contribution is -0.155. The van der Waals surface area contributed by atoms with Gasteiger partial charge in [-0.3, -0.25) is 0 Å². The highest BCUT2D eigenvalue weighted by Gasteiger charge is 2.26. The summed E-state index contributed by atoms with van der Waals surface area (Å²) in [5, 5.41) is 10.2. The quantitative estimate of drug-likeness (QED) is 0.761. The summed E-state index contributed by atoms with van der Waals surface area (Å²) >= 11 is 0. The van der Waals surface area contributed by atoms with Crippen LogP contribution in [0.2, 0.25) is 0 Å². The normalized spacial score (nSPS) is 29.6. The van der Waals surface area contributed by atoms with Gasteiger partial charge in [-0.25, -0.2) is 0 Å². The topological polar surface area (TPSA) is 47.9 Å². The smallest absolute Gasteiger partial charge is 0.157 e. The first kappa shape index (κ1) is 13.0. The monoisotopic (exact) mass is 242 g/mol. The maximum Gasteiger partial charge on any atom is 0.157 e. The van der Waals surface area contributed by atoms with E-state index in [9.17, 15) is 5.11 Å². The van der Waals surface area contributed by atoms with Crippen molar-refractivity contribution < 1.29 is 19.3 Å². The Kier molecular flexibility index (Phi) is 4.98. The van der Waals surface area contributed by atoms with Crippen LogP contribution in [0.3, 0.4) is 0 Å². The fourth-order valence-electron chi connectivity index (χ4n) is 2.16. The molecule has 0 spiro atoms. The second-order valence-corrected chi connectivity index (χ2v) is 4.75. The molecule has 17 heavy (non-hydrogen) atoms. The van der Waals surface area contributed by atoms with Gasteiger partial charge in [-0.1, -0.05) is 12.2 Å². The molecule has 2 fully saturated rings. The van der Waals surface area contributed by atoms with Crippen molar-refractivity contribution in [3.05, 3.63) is 12.2 Å². The zero-order valence-corrected chi connectivity index (χ0v) is 10.3. The van der Waals surface area contributed by atoms with Crippen LogP contribution in [0.25, 0.3) is 0 Å². The molecule has 0 aliphatic carbocycles. The van der Waals surface area contributed by atoms with Crippen molar-refractivity contribution in [1.29, 1.82) is 0 Å². The van der Waals surface area contributed by atoms with Crippen molar-refractivity contribution in [2.24, 2.45) is 0 Å². The van der Waals surface area contributed by atoms with Crippen LogP contribution in [0.5, 0.6) is 0 Å². The molecule has 4 heteroatoms. The van der Waals surface area contributed by atoms with Gasteiger partial charge in [-0.05, 0) is 19.3 Å². The molecule has 2 aliphatic rings. The molecule has 2 heterocycles. The fourth-order valence-corrected chi connectivity index (χ4v) is 2.16. The van der Waals surface area contributed by atoms with Crippen molar-refractivity contribution in [2.45, 2.75) is 44.0 Å². The van der Waals surface area contributed by atoms with Crippen molar-refractivity contribution in [3.63, 3.8) is 0 Å². The lowest BCUT2D eigenvalue weighted by atomic mass is 9.94. The minimum absolute atomic E-state index is 0.0577. The Hall–Kier alpha value is -0.420. The molecule has 0 amide bonds. The average Bonchev–Trinajstić information content (AvgIpc) is 2.37. The summed E-state index contributed by atoms with van der Waals surface area (Å²) in [7, 11) is 0. The lowest BCUT2D eigenvalue weighted by Crippen LogP contribution is -2.34. The van der Waals surface area contributed by atoms with Gasteiger partial charge in [-0.15, -0.1) is 0 Å². The highest BCUT2D eigenvalue weighted by Crippen LogP contribution is 2.21. The van der Waals surface area contributed by atoms with E-state index in [4.69, 9.17) is 14.2 Å². The first-order valence-corrected chi connectivity index (χ1v) is 6.50. The first-order chi connectivity index (χ1) is 8.29. The molecule has 1 N–H and O–H groups in total. The molecule has 2 aliphatic heterocycles. The number of aliphatic hydroxyl groups is 1. The third kappa shape index (κ3) is 4.39. The van der Waals surface area contributed by atoms with Gasteiger partial charge in [0, 0.05) is 32.7 Å². The second kappa shape index (κ2) is 6.50. The summed E-state index contributed by atoms with van der Waals surface area (Å²) in [6, 6.07) is 0. The third-order valence-electron chi connectivity index (χ3n) is 3.30. The highest BCUT2D eigenvalue weighted by atomic mass is 16.7. The van der Waals surface area contributed by atoms with Crippen LogP contribution in [0.15, 0.2) is 12.2 Å². The predicted molar refractivity (Wildman–Crippen MR) is 63.7 cm³/mol. The van der Waals surface area contributed by atoms with Crippen molar-refractivity contribution >= 4 is 0 Å². The summed E-state index contributed by atoms with van der Waals surface area (Å²) in [4.78, 5) is 0. The zero-order valence-electron chi connectivity index (χ0n) is 10.3. The standard InChI is InChI=1S/C13H22O4/c14-13(6-10-15-11-7-13)5-3-9-17-12-4-1-2-8-16-12/h3,5,12,14H,1-2,4,6-11H2. The van der Waals surface area contributed by atoms with Crippen LogP contribution >= 0.6 is 0 Å². The van der Waals surface area contributed by atoms with E-state index in [1.54, 1.807) is 0 Å². The Morgan fingerprint density at radius 1 is 1.24 bits per heavy atom. The molecule has 2 saturated heterocycles. The van der Waals surface area contributed by atoms with Gasteiger partial charge in [0.15, 0.2) is 6.29 Å². The van der Waals surface area contributed by atoms with Crippen LogP contribution in [0.4, 0.5) is 0 Å². The Balaban J connectivity index is 1.66. The van der Waals surface area contributed by atoms with E-state index in [0.717, 1.165) is 19.4 Å². The van der Waals surface area contributed by atoms with Gasteiger partial charge in [0.05, 0.1) is 12.2 Å². The molecule has 4 nitrogen and oxygen atoms in total. The molecule has 2 rings (SSSR count). The number of hydrogen-bond acceptors (Lipinski definition) is 4. The van der Waals surface area contributed by atoms with E-state index in [1.807, 2.05) is 12.2 Å². The lowest BCUT2D eigenvalue weighted by Gasteiger charge is -2.29. The Morgan fingerprint density at radius 3 is 2.76 bits per heavy atom. The van der Waals surface area contributed by atoms with E-state index in [2.05, 4.69) is 0 Å². The Morgan fingerprint density at radius 2 is 2.06 bits per heavy atom. The summed E-state index contributed by atoms with van der Waals surface area (Å²) in [6.07, 6.45) is 8.31. The predicted octanol–water partition coefficient (Wildman–Crippen LogP) is 1.63. The summed E-state index contributed by atoms with van der Waals surface area (Å²) in [5.41, 5.74) is -0.699. The van der Waals surface area contributed by atoms with Gasteiger partial charge in [0.25, 0.3) is 0 Å². The molecule has 1 atom stereocenters. The van der Waals surface area contributed by atoms with E-state index in [0.29, 0.717) is 32.7 Å². The number of rotatable bonds is 4. The SMILES string of the molecule is OC1(C=CCOC2CCCCO2)CCOCC1. The third-order valence-corrected chi connectivity index (χ3v) is 3.30. The van der Waals surface area contributed by atoms with Crippen LogP contribution in [-0.2, 0) is 14.2 Å². The minimum atomic E-state index is -0.699. The van der Waals surface area contributed by atoms with Crippen LogP contribution in [-0.4, -0.2) is 43.4 Å². The van der Waals surface area contributed by atoms with Crippen LogP contribution in [0.1, 0.15) is 32.1 Å². The number of hydrogen-bond donors (Lipinski definition) is 1. The van der Waals surface area contributed by atoms with Gasteiger partial charge < -0.3 is 19.3 Å². The minimum Gasteiger partial charge on any atom is -0.386 e. The highest BCUT2D eigenvalue weighted by molar-refractivity contribution is 5.02. The van der Waals surface area contributed by atoms with Crippen molar-refractivity contribution in [2.75, 3.05) is 26.4 Å². The fraction of sp³-hybridized carbons (Fsp3) is 0.846. The van der Waals surface area contributed by atoms with Crippen molar-refractivity contribution in [1.82, 2.24) is 0 Å². The van der Waals surface area contributed by atoms with E-state index in [-0.39, 0.29) is 6.29 Å². The largest absolute Gasteiger partial charge is 0.386 e. The van der Waals surface area contributed by atoms with E-state index < -0.39 is 5.60 Å². The molecular formula is C13H22O4. The van der Waals surface area contributed by atoms with Crippen LogP contribution < -0.4 is 0 Å². The molecule has 1 unspecified atom stereocenters. The maximum absolute atomic E-state index is 10.2. The first-order valence-electron chi connectivity index (χ1n) is 6.50. The molecule has 0 aromatic heterocycles. The number of ether oxygens (including phenoxy) is 3. The molecule has 0 saturated carbocycles. The Bertz CT molecular complexity index is 240. The summed E-state index contributed by atoms with van der Waals surface area (Å²) in [6.45, 7) is 2.57. The van der Waals surface area contributed by atoms with Gasteiger partial charge in [0.1, 0.15) is 0 Å². The van der Waals surface area contributed by atoms with Crippen LogP contribution in [0, 0.1) is 0 Å². The molecule has 0 radical (unpaired) electrons.